The maximum atomic E-state index is 12.8. The van der Waals surface area contributed by atoms with E-state index in [0.29, 0.717) is 24.1 Å². The van der Waals surface area contributed by atoms with Crippen LogP contribution in [0.2, 0.25) is 5.02 Å². The van der Waals surface area contributed by atoms with Gasteiger partial charge in [-0.3, -0.25) is 9.69 Å². The molecule has 202 valence electrons. The number of alkyl halides is 3. The maximum absolute atomic E-state index is 12.8. The second-order valence-electron chi connectivity index (χ2n) is 10.6. The van der Waals surface area contributed by atoms with Crippen molar-refractivity contribution in [2.45, 2.75) is 62.4 Å². The molecule has 0 unspecified atom stereocenters. The summed E-state index contributed by atoms with van der Waals surface area (Å²) in [4.78, 5) is 19.3. The Morgan fingerprint density at radius 2 is 1.92 bits per heavy atom. The summed E-state index contributed by atoms with van der Waals surface area (Å²) in [5.41, 5.74) is 0.665. The summed E-state index contributed by atoms with van der Waals surface area (Å²) in [6.45, 7) is 4.31. The molecule has 5 rings (SSSR count). The highest BCUT2D eigenvalue weighted by atomic mass is 35.5. The topological polar surface area (TPSA) is 83.9 Å². The van der Waals surface area contributed by atoms with E-state index in [9.17, 15) is 23.1 Å². The molecule has 0 aliphatic carbocycles. The number of amides is 1. The predicted octanol–water partition coefficient (Wildman–Crippen LogP) is 4.51. The van der Waals surface area contributed by atoms with E-state index in [1.54, 1.807) is 12.3 Å². The zero-order chi connectivity index (χ0) is 26.4. The third-order valence-electron chi connectivity index (χ3n) is 8.15. The number of rotatable bonds is 4. The molecule has 11 heteroatoms. The molecule has 3 fully saturated rings. The van der Waals surface area contributed by atoms with Gasteiger partial charge in [-0.05, 0) is 80.8 Å². The Morgan fingerprint density at radius 3 is 2.54 bits per heavy atom. The summed E-state index contributed by atoms with van der Waals surface area (Å²) in [5, 5.41) is 15.5. The molecule has 3 aliphatic heterocycles. The first-order valence-electron chi connectivity index (χ1n) is 12.6. The minimum atomic E-state index is -4.42. The van der Waals surface area contributed by atoms with Crippen molar-refractivity contribution in [1.82, 2.24) is 9.88 Å². The number of piperidine rings is 1. The first kappa shape index (κ1) is 26.6. The molecule has 0 spiro atoms. The van der Waals surface area contributed by atoms with Crippen molar-refractivity contribution in [3.63, 3.8) is 0 Å². The second-order valence-corrected chi connectivity index (χ2v) is 11.0. The number of pyridine rings is 1. The first-order chi connectivity index (χ1) is 17.5. The monoisotopic (exact) mass is 541 g/mol. The molecule has 1 amide bonds. The summed E-state index contributed by atoms with van der Waals surface area (Å²) in [7, 11) is 0. The van der Waals surface area contributed by atoms with Gasteiger partial charge in [-0.15, -0.1) is 0 Å². The van der Waals surface area contributed by atoms with E-state index in [2.05, 4.69) is 15.2 Å². The summed E-state index contributed by atoms with van der Waals surface area (Å²) >= 11 is 6.65. The highest BCUT2D eigenvalue weighted by Crippen LogP contribution is 2.39. The van der Waals surface area contributed by atoms with Crippen LogP contribution in [0.5, 0.6) is 0 Å². The Labute approximate surface area is 218 Å². The standard InChI is InChI=1S/C26H31ClF3N3O4/c1-25(14-36-13-21(25)34)33-6-4-15(5-7-33)19-8-17-10-23(31-11-18(17)9-20(19)27)32-24(35)16-2-3-22(37-12-16)26(28,29)30/h8-11,15-16,21-22,34H,2-7,12-14H2,1H3,(H,31,32,35)/t16-,21+,22-,25-/m0/s1. The second kappa shape index (κ2) is 10.3. The smallest absolute Gasteiger partial charge is 0.389 e. The Balaban J connectivity index is 1.25. The van der Waals surface area contributed by atoms with Gasteiger partial charge in [0.15, 0.2) is 6.10 Å². The van der Waals surface area contributed by atoms with Crippen LogP contribution in [-0.2, 0) is 14.3 Å². The van der Waals surface area contributed by atoms with E-state index in [0.717, 1.165) is 42.3 Å². The van der Waals surface area contributed by atoms with Crippen molar-refractivity contribution >= 4 is 34.1 Å². The molecular weight excluding hydrogens is 511 g/mol. The number of nitrogens with one attached hydrogen (secondary N) is 1. The summed E-state index contributed by atoms with van der Waals surface area (Å²) < 4.78 is 48.8. The van der Waals surface area contributed by atoms with Crippen molar-refractivity contribution in [3.8, 4) is 0 Å². The van der Waals surface area contributed by atoms with Crippen LogP contribution in [0, 0.1) is 5.92 Å². The lowest BCUT2D eigenvalue weighted by Gasteiger charge is -2.43. The number of fused-ring (bicyclic) bond motifs is 1. The van der Waals surface area contributed by atoms with Gasteiger partial charge in [0, 0.05) is 16.6 Å². The average molecular weight is 542 g/mol. The minimum absolute atomic E-state index is 0.101. The third kappa shape index (κ3) is 5.45. The number of halogens is 4. The first-order valence-corrected chi connectivity index (χ1v) is 13.0. The minimum Gasteiger partial charge on any atom is -0.389 e. The molecule has 0 radical (unpaired) electrons. The van der Waals surface area contributed by atoms with Crippen LogP contribution in [-0.4, -0.2) is 77.7 Å². The Hall–Kier alpha value is -1.98. The number of hydrogen-bond donors (Lipinski definition) is 2. The Kier molecular flexibility index (Phi) is 7.41. The molecule has 2 N–H and O–H groups in total. The number of nitrogens with zero attached hydrogens (tertiary/aromatic N) is 2. The summed E-state index contributed by atoms with van der Waals surface area (Å²) in [6.07, 6.45) is -3.46. The molecule has 0 saturated carbocycles. The number of carbonyl (C=O) groups excluding carboxylic acids is 1. The van der Waals surface area contributed by atoms with Crippen LogP contribution in [0.3, 0.4) is 0 Å². The van der Waals surface area contributed by atoms with E-state index in [4.69, 9.17) is 21.1 Å². The number of likely N-dealkylation sites (tertiary alicyclic amines) is 1. The van der Waals surface area contributed by atoms with Crippen LogP contribution in [0.25, 0.3) is 10.8 Å². The van der Waals surface area contributed by atoms with Crippen molar-refractivity contribution in [2.24, 2.45) is 5.92 Å². The fourth-order valence-electron chi connectivity index (χ4n) is 5.67. The van der Waals surface area contributed by atoms with Gasteiger partial charge in [0.1, 0.15) is 5.82 Å². The quantitative estimate of drug-likeness (QED) is 0.592. The molecule has 7 nitrogen and oxygen atoms in total. The Morgan fingerprint density at radius 1 is 1.16 bits per heavy atom. The van der Waals surface area contributed by atoms with Gasteiger partial charge in [0.25, 0.3) is 0 Å². The number of aromatic nitrogens is 1. The number of anilines is 1. The zero-order valence-electron chi connectivity index (χ0n) is 20.6. The van der Waals surface area contributed by atoms with Gasteiger partial charge in [0.05, 0.1) is 37.4 Å². The summed E-state index contributed by atoms with van der Waals surface area (Å²) in [6, 6.07) is 5.67. The van der Waals surface area contributed by atoms with Gasteiger partial charge in [-0.1, -0.05) is 11.6 Å². The van der Waals surface area contributed by atoms with Gasteiger partial charge < -0.3 is 19.9 Å². The van der Waals surface area contributed by atoms with Crippen molar-refractivity contribution < 1.29 is 32.5 Å². The van der Waals surface area contributed by atoms with Gasteiger partial charge in [0.2, 0.25) is 5.91 Å². The molecule has 3 aliphatic rings. The molecule has 1 aromatic heterocycles. The van der Waals surface area contributed by atoms with Crippen LogP contribution in [0.15, 0.2) is 24.4 Å². The van der Waals surface area contributed by atoms with Crippen LogP contribution >= 0.6 is 11.6 Å². The van der Waals surface area contributed by atoms with E-state index in [1.165, 1.54) is 0 Å². The highest BCUT2D eigenvalue weighted by molar-refractivity contribution is 6.32. The van der Waals surface area contributed by atoms with Crippen LogP contribution in [0.4, 0.5) is 19.0 Å². The number of carbonyl (C=O) groups is 1. The molecule has 2 aromatic rings. The number of ether oxygens (including phenoxy) is 2. The van der Waals surface area contributed by atoms with E-state index in [1.807, 2.05) is 19.1 Å². The van der Waals surface area contributed by atoms with Gasteiger partial charge in [-0.25, -0.2) is 4.98 Å². The number of hydrogen-bond acceptors (Lipinski definition) is 6. The van der Waals surface area contributed by atoms with Crippen molar-refractivity contribution in [1.29, 1.82) is 0 Å². The van der Waals surface area contributed by atoms with Crippen molar-refractivity contribution in [2.75, 3.05) is 38.2 Å². The fraction of sp³-hybridized carbons (Fsp3) is 0.615. The lowest BCUT2D eigenvalue weighted by Crippen LogP contribution is -2.56. The predicted molar refractivity (Wildman–Crippen MR) is 133 cm³/mol. The summed E-state index contributed by atoms with van der Waals surface area (Å²) in [5.74, 6) is -0.474. The molecule has 3 saturated heterocycles. The SMILES string of the molecule is C[C@]1(N2CCC(c3cc4cc(NC(=O)[C@H]5CC[C@@H](C(F)(F)F)OC5)ncc4cc3Cl)CC2)COC[C@H]1O. The molecule has 37 heavy (non-hydrogen) atoms. The average Bonchev–Trinajstić information content (AvgIpc) is 3.22. The largest absolute Gasteiger partial charge is 0.414 e. The van der Waals surface area contributed by atoms with Crippen LogP contribution in [0.1, 0.15) is 44.1 Å². The zero-order valence-corrected chi connectivity index (χ0v) is 21.3. The van der Waals surface area contributed by atoms with E-state index < -0.39 is 30.2 Å². The third-order valence-corrected chi connectivity index (χ3v) is 8.47. The lowest BCUT2D eigenvalue weighted by atomic mass is 9.85. The lowest BCUT2D eigenvalue weighted by molar-refractivity contribution is -0.234. The number of aliphatic hydroxyl groups excluding tert-OH is 1. The van der Waals surface area contributed by atoms with E-state index >= 15 is 0 Å². The van der Waals surface area contributed by atoms with Crippen molar-refractivity contribution in [3.05, 3.63) is 35.0 Å². The highest BCUT2D eigenvalue weighted by Gasteiger charge is 2.45. The molecule has 0 bridgehead atoms. The number of benzene rings is 1. The van der Waals surface area contributed by atoms with Crippen LogP contribution < -0.4 is 5.32 Å². The van der Waals surface area contributed by atoms with Gasteiger partial charge >= 0.3 is 6.18 Å². The molecule has 4 atom stereocenters. The van der Waals surface area contributed by atoms with Gasteiger partial charge in [-0.2, -0.15) is 13.2 Å². The molecular formula is C26H31ClF3N3O4. The molecule has 4 heterocycles. The normalized spacial score (nSPS) is 30.1. The Bertz CT molecular complexity index is 1150. The maximum Gasteiger partial charge on any atom is 0.414 e. The number of aliphatic hydroxyl groups is 1. The molecule has 1 aromatic carbocycles. The fourth-order valence-corrected chi connectivity index (χ4v) is 5.99. The van der Waals surface area contributed by atoms with E-state index in [-0.39, 0.29) is 30.9 Å².